The van der Waals surface area contributed by atoms with Gasteiger partial charge in [0.15, 0.2) is 0 Å². The van der Waals surface area contributed by atoms with Crippen LogP contribution in [0, 0.1) is 0 Å². The Morgan fingerprint density at radius 3 is 2.32 bits per heavy atom. The van der Waals surface area contributed by atoms with Crippen molar-refractivity contribution >= 4 is 29.6 Å². The van der Waals surface area contributed by atoms with Gasteiger partial charge in [0.25, 0.3) is 5.91 Å². The van der Waals surface area contributed by atoms with Crippen molar-refractivity contribution in [3.05, 3.63) is 76.4 Å². The molecule has 0 saturated carbocycles. The summed E-state index contributed by atoms with van der Waals surface area (Å²) in [6.45, 7) is 0. The number of ether oxygens (including phenoxy) is 1. The molecule has 0 heterocycles. The molecule has 0 bridgehead atoms. The largest absolute Gasteiger partial charge is 0.464 e. The number of nitrogens with one attached hydrogen (secondary N) is 1. The minimum absolute atomic E-state index is 0.0404. The Morgan fingerprint density at radius 2 is 1.68 bits per heavy atom. The highest BCUT2D eigenvalue weighted by atomic mass is 35.5. The van der Waals surface area contributed by atoms with E-state index in [1.54, 1.807) is 30.3 Å². The summed E-state index contributed by atoms with van der Waals surface area (Å²) in [5.41, 5.74) is 1.09. The number of esters is 1. The van der Waals surface area contributed by atoms with E-state index in [0.717, 1.165) is 5.56 Å². The zero-order chi connectivity index (χ0) is 15.9. The van der Waals surface area contributed by atoms with Crippen molar-refractivity contribution in [1.29, 1.82) is 0 Å². The van der Waals surface area contributed by atoms with E-state index in [0.29, 0.717) is 5.02 Å². The van der Waals surface area contributed by atoms with Crippen LogP contribution in [0.15, 0.2) is 60.3 Å². The van der Waals surface area contributed by atoms with Crippen LogP contribution >= 0.6 is 11.6 Å². The van der Waals surface area contributed by atoms with Gasteiger partial charge in [0.05, 0.1) is 17.7 Å². The van der Waals surface area contributed by atoms with Gasteiger partial charge in [-0.05, 0) is 23.8 Å². The molecule has 0 radical (unpaired) electrons. The summed E-state index contributed by atoms with van der Waals surface area (Å²) in [6.07, 6.45) is 1.54. The summed E-state index contributed by atoms with van der Waals surface area (Å²) in [6, 6.07) is 15.7. The van der Waals surface area contributed by atoms with Crippen molar-refractivity contribution in [3.8, 4) is 0 Å². The van der Waals surface area contributed by atoms with Crippen LogP contribution in [0.2, 0.25) is 5.02 Å². The topological polar surface area (TPSA) is 55.4 Å². The number of methoxy groups -OCH3 is 1. The molecule has 22 heavy (non-hydrogen) atoms. The van der Waals surface area contributed by atoms with Crippen molar-refractivity contribution < 1.29 is 14.3 Å². The standard InChI is InChI=1S/C17H14ClNO3/c1-22-17(21)15(11-12-7-3-2-4-8-12)19-16(20)13-9-5-6-10-14(13)18/h2-11H,1H3,(H,19,20)/b15-11-. The van der Waals surface area contributed by atoms with Crippen LogP contribution in [0.3, 0.4) is 0 Å². The number of hydrogen-bond donors (Lipinski definition) is 1. The molecule has 0 aliphatic carbocycles. The van der Waals surface area contributed by atoms with E-state index in [9.17, 15) is 9.59 Å². The quantitative estimate of drug-likeness (QED) is 0.696. The van der Waals surface area contributed by atoms with Crippen LogP contribution in [-0.2, 0) is 9.53 Å². The van der Waals surface area contributed by atoms with E-state index in [1.807, 2.05) is 30.3 Å². The first-order chi connectivity index (χ1) is 10.6. The fourth-order valence-corrected chi connectivity index (χ4v) is 2.03. The lowest BCUT2D eigenvalue weighted by molar-refractivity contribution is -0.136. The maximum atomic E-state index is 12.2. The van der Waals surface area contributed by atoms with E-state index in [-0.39, 0.29) is 11.3 Å². The zero-order valence-corrected chi connectivity index (χ0v) is 12.6. The van der Waals surface area contributed by atoms with Crippen LogP contribution in [0.5, 0.6) is 0 Å². The third-order valence-corrected chi connectivity index (χ3v) is 3.21. The van der Waals surface area contributed by atoms with Crippen LogP contribution in [-0.4, -0.2) is 19.0 Å². The minimum Gasteiger partial charge on any atom is -0.464 e. The van der Waals surface area contributed by atoms with Crippen LogP contribution in [0.4, 0.5) is 0 Å². The molecule has 2 rings (SSSR count). The van der Waals surface area contributed by atoms with Gasteiger partial charge in [-0.2, -0.15) is 0 Å². The number of rotatable bonds is 4. The lowest BCUT2D eigenvalue weighted by atomic mass is 10.1. The molecule has 0 fully saturated rings. The second-order valence-corrected chi connectivity index (χ2v) is 4.80. The van der Waals surface area contributed by atoms with Crippen LogP contribution in [0.25, 0.3) is 6.08 Å². The Kier molecular flexibility index (Phi) is 5.33. The summed E-state index contributed by atoms with van der Waals surface area (Å²) in [4.78, 5) is 24.1. The van der Waals surface area contributed by atoms with Gasteiger partial charge in [-0.25, -0.2) is 4.79 Å². The van der Waals surface area contributed by atoms with E-state index in [2.05, 4.69) is 5.32 Å². The van der Waals surface area contributed by atoms with Crippen LogP contribution in [0.1, 0.15) is 15.9 Å². The molecule has 2 aromatic carbocycles. The molecule has 4 nitrogen and oxygen atoms in total. The van der Waals surface area contributed by atoms with Gasteiger partial charge in [0.1, 0.15) is 5.70 Å². The monoisotopic (exact) mass is 315 g/mol. The van der Waals surface area contributed by atoms with Gasteiger partial charge in [0.2, 0.25) is 0 Å². The maximum Gasteiger partial charge on any atom is 0.354 e. The molecule has 0 aliphatic rings. The van der Waals surface area contributed by atoms with Gasteiger partial charge < -0.3 is 10.1 Å². The summed E-state index contributed by atoms with van der Waals surface area (Å²) < 4.78 is 4.70. The van der Waals surface area contributed by atoms with Crippen molar-refractivity contribution in [2.24, 2.45) is 0 Å². The van der Waals surface area contributed by atoms with Gasteiger partial charge in [0, 0.05) is 0 Å². The molecule has 1 N–H and O–H groups in total. The number of hydrogen-bond acceptors (Lipinski definition) is 3. The molecule has 0 saturated heterocycles. The molecule has 0 unspecified atom stereocenters. The van der Waals surface area contributed by atoms with Crippen molar-refractivity contribution in [3.63, 3.8) is 0 Å². The average molecular weight is 316 g/mol. The molecule has 0 atom stereocenters. The fourth-order valence-electron chi connectivity index (χ4n) is 1.81. The Bertz CT molecular complexity index is 711. The van der Waals surface area contributed by atoms with Crippen molar-refractivity contribution in [2.75, 3.05) is 7.11 Å². The average Bonchev–Trinajstić information content (AvgIpc) is 2.54. The Hall–Kier alpha value is -2.59. The van der Waals surface area contributed by atoms with Crippen molar-refractivity contribution in [2.45, 2.75) is 0 Å². The summed E-state index contributed by atoms with van der Waals surface area (Å²) in [7, 11) is 1.25. The zero-order valence-electron chi connectivity index (χ0n) is 11.9. The van der Waals surface area contributed by atoms with E-state index in [4.69, 9.17) is 16.3 Å². The van der Waals surface area contributed by atoms with Gasteiger partial charge >= 0.3 is 5.97 Å². The maximum absolute atomic E-state index is 12.2. The highest BCUT2D eigenvalue weighted by Gasteiger charge is 2.16. The summed E-state index contributed by atoms with van der Waals surface area (Å²) >= 11 is 5.98. The molecular formula is C17H14ClNO3. The molecule has 0 aromatic heterocycles. The molecule has 112 valence electrons. The van der Waals surface area contributed by atoms with E-state index in [1.165, 1.54) is 7.11 Å². The van der Waals surface area contributed by atoms with E-state index < -0.39 is 11.9 Å². The third kappa shape index (κ3) is 3.96. The lowest BCUT2D eigenvalue weighted by Crippen LogP contribution is -2.28. The highest BCUT2D eigenvalue weighted by molar-refractivity contribution is 6.34. The smallest absolute Gasteiger partial charge is 0.354 e. The Balaban J connectivity index is 2.28. The number of benzene rings is 2. The number of halogens is 1. The van der Waals surface area contributed by atoms with Gasteiger partial charge in [-0.15, -0.1) is 0 Å². The number of carbonyl (C=O) groups is 2. The number of amides is 1. The van der Waals surface area contributed by atoms with Gasteiger partial charge in [-0.3, -0.25) is 4.79 Å². The first-order valence-corrected chi connectivity index (χ1v) is 6.90. The molecule has 2 aromatic rings. The Morgan fingerprint density at radius 1 is 1.05 bits per heavy atom. The summed E-state index contributed by atoms with van der Waals surface area (Å²) in [5.74, 6) is -1.11. The summed E-state index contributed by atoms with van der Waals surface area (Å²) in [5, 5.41) is 2.85. The van der Waals surface area contributed by atoms with Crippen molar-refractivity contribution in [1.82, 2.24) is 5.32 Å². The molecule has 0 aliphatic heterocycles. The van der Waals surface area contributed by atoms with Gasteiger partial charge in [-0.1, -0.05) is 54.1 Å². The van der Waals surface area contributed by atoms with Crippen LogP contribution < -0.4 is 5.32 Å². The first kappa shape index (κ1) is 15.8. The van der Waals surface area contributed by atoms with E-state index >= 15 is 0 Å². The number of carbonyl (C=O) groups excluding carboxylic acids is 2. The first-order valence-electron chi connectivity index (χ1n) is 6.52. The molecule has 1 amide bonds. The predicted octanol–water partition coefficient (Wildman–Crippen LogP) is 3.28. The highest BCUT2D eigenvalue weighted by Crippen LogP contribution is 2.15. The second-order valence-electron chi connectivity index (χ2n) is 4.39. The third-order valence-electron chi connectivity index (χ3n) is 2.88. The molecule has 0 spiro atoms. The fraction of sp³-hybridized carbons (Fsp3) is 0.0588. The molecular weight excluding hydrogens is 302 g/mol. The second kappa shape index (κ2) is 7.43. The Labute approximate surface area is 133 Å². The lowest BCUT2D eigenvalue weighted by Gasteiger charge is -2.09. The minimum atomic E-state index is -0.635. The molecule has 5 heteroatoms. The SMILES string of the molecule is COC(=O)/C(=C/c1ccccc1)NC(=O)c1ccccc1Cl. The predicted molar refractivity (Wildman–Crippen MR) is 85.4 cm³/mol. The normalized spacial score (nSPS) is 10.9.